The molecular formula is C16H27NS. The van der Waals surface area contributed by atoms with Crippen LogP contribution >= 0.6 is 11.3 Å². The summed E-state index contributed by atoms with van der Waals surface area (Å²) in [6.45, 7) is 9.14. The van der Waals surface area contributed by atoms with Crippen molar-refractivity contribution in [2.24, 2.45) is 5.92 Å². The largest absolute Gasteiger partial charge is 0.307 e. The smallest absolute Gasteiger partial charge is 0.0305 e. The van der Waals surface area contributed by atoms with E-state index in [4.69, 9.17) is 0 Å². The Morgan fingerprint density at radius 1 is 1.17 bits per heavy atom. The maximum absolute atomic E-state index is 3.83. The molecular weight excluding hydrogens is 238 g/mol. The van der Waals surface area contributed by atoms with E-state index in [9.17, 15) is 0 Å². The summed E-state index contributed by atoms with van der Waals surface area (Å²) in [5, 5.41) is 3.83. The van der Waals surface area contributed by atoms with Crippen molar-refractivity contribution in [2.45, 2.75) is 71.9 Å². The van der Waals surface area contributed by atoms with E-state index in [1.807, 2.05) is 11.3 Å². The van der Waals surface area contributed by atoms with E-state index in [0.29, 0.717) is 12.1 Å². The molecule has 102 valence electrons. The van der Waals surface area contributed by atoms with E-state index < -0.39 is 0 Å². The molecule has 2 heteroatoms. The number of thiophene rings is 1. The van der Waals surface area contributed by atoms with Gasteiger partial charge in [0.25, 0.3) is 0 Å². The van der Waals surface area contributed by atoms with Crippen molar-refractivity contribution in [2.75, 3.05) is 0 Å². The molecule has 0 radical (unpaired) electrons. The summed E-state index contributed by atoms with van der Waals surface area (Å²) in [4.78, 5) is 2.91. The average molecular weight is 265 g/mol. The van der Waals surface area contributed by atoms with Gasteiger partial charge >= 0.3 is 0 Å². The molecule has 1 fully saturated rings. The van der Waals surface area contributed by atoms with Crippen molar-refractivity contribution in [1.82, 2.24) is 5.32 Å². The predicted molar refractivity (Wildman–Crippen MR) is 81.4 cm³/mol. The number of nitrogens with one attached hydrogen (secondary N) is 1. The van der Waals surface area contributed by atoms with E-state index in [1.165, 1.54) is 47.4 Å². The topological polar surface area (TPSA) is 12.0 Å². The highest BCUT2D eigenvalue weighted by Gasteiger charge is 2.22. The second kappa shape index (κ2) is 6.21. The molecule has 0 spiro atoms. The fourth-order valence-corrected chi connectivity index (χ4v) is 4.36. The van der Waals surface area contributed by atoms with Crippen LogP contribution < -0.4 is 5.32 Å². The fourth-order valence-electron chi connectivity index (χ4n) is 3.33. The highest BCUT2D eigenvalue weighted by atomic mass is 32.1. The third-order valence-corrected chi connectivity index (χ3v) is 5.40. The second-order valence-electron chi connectivity index (χ2n) is 5.94. The molecule has 0 amide bonds. The molecule has 0 aromatic carbocycles. The first kappa shape index (κ1) is 14.1. The Morgan fingerprint density at radius 3 is 2.39 bits per heavy atom. The van der Waals surface area contributed by atoms with Gasteiger partial charge in [-0.1, -0.05) is 19.3 Å². The van der Waals surface area contributed by atoms with Crippen LogP contribution in [0, 0.1) is 19.8 Å². The Balaban J connectivity index is 1.93. The molecule has 1 unspecified atom stereocenters. The van der Waals surface area contributed by atoms with Gasteiger partial charge in [-0.25, -0.2) is 0 Å². The molecule has 1 saturated carbocycles. The summed E-state index contributed by atoms with van der Waals surface area (Å²) in [5.74, 6) is 0.890. The van der Waals surface area contributed by atoms with Crippen molar-refractivity contribution in [3.05, 3.63) is 21.4 Å². The Kier molecular flexibility index (Phi) is 4.85. The number of hydrogen-bond donors (Lipinski definition) is 1. The zero-order chi connectivity index (χ0) is 13.1. The van der Waals surface area contributed by atoms with E-state index >= 15 is 0 Å². The lowest BCUT2D eigenvalue weighted by Gasteiger charge is -2.30. The normalized spacial score (nSPS) is 20.9. The lowest BCUT2D eigenvalue weighted by atomic mass is 9.84. The van der Waals surface area contributed by atoms with Crippen LogP contribution in [0.3, 0.4) is 0 Å². The van der Waals surface area contributed by atoms with Crippen molar-refractivity contribution < 1.29 is 0 Å². The van der Waals surface area contributed by atoms with Gasteiger partial charge in [0, 0.05) is 21.8 Å². The van der Waals surface area contributed by atoms with Gasteiger partial charge in [-0.2, -0.15) is 0 Å². The summed E-state index contributed by atoms with van der Waals surface area (Å²) in [5.41, 5.74) is 1.50. The van der Waals surface area contributed by atoms with Gasteiger partial charge in [0.1, 0.15) is 0 Å². The van der Waals surface area contributed by atoms with Crippen LogP contribution in [0.5, 0.6) is 0 Å². The van der Waals surface area contributed by atoms with Crippen LogP contribution in [0.4, 0.5) is 0 Å². The number of hydrogen-bond acceptors (Lipinski definition) is 2. The Hall–Kier alpha value is -0.340. The zero-order valence-corrected chi connectivity index (χ0v) is 13.1. The van der Waals surface area contributed by atoms with E-state index in [1.54, 1.807) is 0 Å². The van der Waals surface area contributed by atoms with E-state index in [2.05, 4.69) is 39.1 Å². The SMILES string of the molecule is Cc1cc(C(C)N[C@@H](C)C2CCCCC2)c(C)s1. The third-order valence-electron chi connectivity index (χ3n) is 4.42. The minimum Gasteiger partial charge on any atom is -0.307 e. The van der Waals surface area contributed by atoms with Gasteiger partial charge in [-0.3, -0.25) is 0 Å². The Bertz CT molecular complexity index is 376. The third kappa shape index (κ3) is 3.36. The van der Waals surface area contributed by atoms with Gasteiger partial charge in [-0.05, 0) is 58.1 Å². The van der Waals surface area contributed by atoms with Gasteiger partial charge < -0.3 is 5.32 Å². The van der Waals surface area contributed by atoms with Crippen molar-refractivity contribution in [1.29, 1.82) is 0 Å². The standard InChI is InChI=1S/C16H27NS/c1-11-10-16(14(4)18-11)13(3)17-12(2)15-8-6-5-7-9-15/h10,12-13,15,17H,5-9H2,1-4H3/t12-,13?/m0/s1. The van der Waals surface area contributed by atoms with Gasteiger partial charge in [0.05, 0.1) is 0 Å². The minimum absolute atomic E-state index is 0.492. The summed E-state index contributed by atoms with van der Waals surface area (Å²) in [7, 11) is 0. The van der Waals surface area contributed by atoms with E-state index in [-0.39, 0.29) is 0 Å². The summed E-state index contributed by atoms with van der Waals surface area (Å²) in [6, 6.07) is 3.50. The molecule has 2 atom stereocenters. The van der Waals surface area contributed by atoms with Crippen LogP contribution in [0.15, 0.2) is 6.07 Å². The maximum atomic E-state index is 3.83. The van der Waals surface area contributed by atoms with Crippen LogP contribution in [-0.2, 0) is 0 Å². The fraction of sp³-hybridized carbons (Fsp3) is 0.750. The molecule has 1 nitrogen and oxygen atoms in total. The zero-order valence-electron chi connectivity index (χ0n) is 12.3. The van der Waals surface area contributed by atoms with Crippen molar-refractivity contribution in [3.63, 3.8) is 0 Å². The Labute approximate surface area is 116 Å². The highest BCUT2D eigenvalue weighted by molar-refractivity contribution is 7.12. The lowest BCUT2D eigenvalue weighted by molar-refractivity contribution is 0.268. The summed E-state index contributed by atoms with van der Waals surface area (Å²) < 4.78 is 0. The molecule has 1 aliphatic rings. The molecule has 1 aromatic heterocycles. The quantitative estimate of drug-likeness (QED) is 0.809. The minimum atomic E-state index is 0.492. The first-order chi connectivity index (χ1) is 8.58. The summed E-state index contributed by atoms with van der Waals surface area (Å²) >= 11 is 1.92. The van der Waals surface area contributed by atoms with Crippen LogP contribution in [0.25, 0.3) is 0 Å². The molecule has 1 N–H and O–H groups in total. The van der Waals surface area contributed by atoms with Gasteiger partial charge in [-0.15, -0.1) is 11.3 Å². The van der Waals surface area contributed by atoms with Gasteiger partial charge in [0.2, 0.25) is 0 Å². The molecule has 18 heavy (non-hydrogen) atoms. The average Bonchev–Trinajstić information content (AvgIpc) is 2.69. The second-order valence-corrected chi connectivity index (χ2v) is 7.40. The van der Waals surface area contributed by atoms with Crippen molar-refractivity contribution >= 4 is 11.3 Å². The molecule has 0 aliphatic heterocycles. The maximum Gasteiger partial charge on any atom is 0.0305 e. The Morgan fingerprint density at radius 2 is 1.83 bits per heavy atom. The molecule has 1 aromatic rings. The first-order valence-corrected chi connectivity index (χ1v) is 8.22. The number of rotatable bonds is 4. The highest BCUT2D eigenvalue weighted by Crippen LogP contribution is 2.30. The van der Waals surface area contributed by atoms with Crippen LogP contribution in [0.2, 0.25) is 0 Å². The molecule has 0 saturated heterocycles. The monoisotopic (exact) mass is 265 g/mol. The van der Waals surface area contributed by atoms with Gasteiger partial charge in [0.15, 0.2) is 0 Å². The first-order valence-electron chi connectivity index (χ1n) is 7.41. The van der Waals surface area contributed by atoms with Crippen LogP contribution in [-0.4, -0.2) is 6.04 Å². The summed E-state index contributed by atoms with van der Waals surface area (Å²) in [6.07, 6.45) is 7.15. The molecule has 1 aliphatic carbocycles. The lowest BCUT2D eigenvalue weighted by Crippen LogP contribution is -2.36. The van der Waals surface area contributed by atoms with E-state index in [0.717, 1.165) is 5.92 Å². The predicted octanol–water partition coefficient (Wildman–Crippen LogP) is 4.98. The van der Waals surface area contributed by atoms with Crippen LogP contribution in [0.1, 0.15) is 67.3 Å². The molecule has 0 bridgehead atoms. The molecule has 2 rings (SSSR count). The molecule has 1 heterocycles. The number of aryl methyl sites for hydroxylation is 2. The van der Waals surface area contributed by atoms with Crippen molar-refractivity contribution in [3.8, 4) is 0 Å².